The van der Waals surface area contributed by atoms with Gasteiger partial charge in [0.1, 0.15) is 5.82 Å². The standard InChI is InChI=1S/C17H20BrN3/c1-19-11-15-10-16(18)12-20-17(15)21-8-6-13-4-2-3-5-14(13)7-9-21/h2-5,10,12,19H,6-9,11H2,1H3. The number of hydrogen-bond acceptors (Lipinski definition) is 3. The maximum Gasteiger partial charge on any atom is 0.133 e. The Morgan fingerprint density at radius 1 is 1.19 bits per heavy atom. The molecule has 3 rings (SSSR count). The van der Waals surface area contributed by atoms with Crippen LogP contribution >= 0.6 is 15.9 Å². The molecular formula is C17H20BrN3. The molecule has 1 aliphatic heterocycles. The predicted molar refractivity (Wildman–Crippen MR) is 90.8 cm³/mol. The second-order valence-electron chi connectivity index (χ2n) is 5.42. The van der Waals surface area contributed by atoms with Crippen molar-refractivity contribution in [2.75, 3.05) is 25.0 Å². The molecule has 0 atom stereocenters. The molecule has 3 nitrogen and oxygen atoms in total. The molecule has 0 saturated heterocycles. The average molecular weight is 346 g/mol. The first-order valence-corrected chi connectivity index (χ1v) is 8.18. The quantitative estimate of drug-likeness (QED) is 0.925. The summed E-state index contributed by atoms with van der Waals surface area (Å²) in [6.07, 6.45) is 4.08. The van der Waals surface area contributed by atoms with E-state index in [1.807, 2.05) is 13.2 Å². The molecule has 0 unspecified atom stereocenters. The Balaban J connectivity index is 1.86. The average Bonchev–Trinajstić information content (AvgIpc) is 2.71. The number of benzene rings is 1. The number of fused-ring (bicyclic) bond motifs is 1. The number of rotatable bonds is 3. The number of aromatic nitrogens is 1. The maximum atomic E-state index is 4.66. The molecule has 2 heterocycles. The van der Waals surface area contributed by atoms with Gasteiger partial charge in [0.15, 0.2) is 0 Å². The van der Waals surface area contributed by atoms with Crippen LogP contribution in [0.15, 0.2) is 41.0 Å². The Labute approximate surface area is 134 Å². The van der Waals surface area contributed by atoms with Crippen molar-refractivity contribution >= 4 is 21.7 Å². The number of anilines is 1. The lowest BCUT2D eigenvalue weighted by atomic mass is 10.0. The van der Waals surface area contributed by atoms with E-state index in [9.17, 15) is 0 Å². The van der Waals surface area contributed by atoms with Crippen molar-refractivity contribution in [1.29, 1.82) is 0 Å². The summed E-state index contributed by atoms with van der Waals surface area (Å²) in [5.41, 5.74) is 4.21. The van der Waals surface area contributed by atoms with Crippen LogP contribution in [-0.4, -0.2) is 25.1 Å². The lowest BCUT2D eigenvalue weighted by molar-refractivity contribution is 0.758. The molecule has 0 amide bonds. The van der Waals surface area contributed by atoms with Gasteiger partial charge in [0, 0.05) is 35.9 Å². The van der Waals surface area contributed by atoms with E-state index < -0.39 is 0 Å². The molecule has 0 radical (unpaired) electrons. The van der Waals surface area contributed by atoms with E-state index >= 15 is 0 Å². The van der Waals surface area contributed by atoms with Gasteiger partial charge in [0.25, 0.3) is 0 Å². The largest absolute Gasteiger partial charge is 0.356 e. The van der Waals surface area contributed by atoms with E-state index in [1.54, 1.807) is 0 Å². The normalized spacial score (nSPS) is 14.7. The summed E-state index contributed by atoms with van der Waals surface area (Å²) < 4.78 is 1.04. The van der Waals surface area contributed by atoms with Gasteiger partial charge in [0.05, 0.1) is 0 Å². The third-order valence-corrected chi connectivity index (χ3v) is 4.43. The summed E-state index contributed by atoms with van der Waals surface area (Å²) in [6, 6.07) is 10.9. The Morgan fingerprint density at radius 2 is 1.86 bits per heavy atom. The molecule has 0 saturated carbocycles. The van der Waals surface area contributed by atoms with E-state index in [4.69, 9.17) is 0 Å². The summed E-state index contributed by atoms with van der Waals surface area (Å²) in [5.74, 6) is 1.11. The second kappa shape index (κ2) is 6.58. The zero-order chi connectivity index (χ0) is 14.7. The van der Waals surface area contributed by atoms with E-state index in [1.165, 1.54) is 16.7 Å². The van der Waals surface area contributed by atoms with E-state index in [0.29, 0.717) is 0 Å². The highest BCUT2D eigenvalue weighted by Gasteiger charge is 2.17. The summed E-state index contributed by atoms with van der Waals surface area (Å²) in [4.78, 5) is 7.08. The van der Waals surface area contributed by atoms with Crippen molar-refractivity contribution in [3.63, 3.8) is 0 Å². The fourth-order valence-electron chi connectivity index (χ4n) is 2.96. The molecular weight excluding hydrogens is 326 g/mol. The highest BCUT2D eigenvalue weighted by Crippen LogP contribution is 2.24. The number of hydrogen-bond donors (Lipinski definition) is 1. The number of halogens is 1. The molecule has 0 aliphatic carbocycles. The van der Waals surface area contributed by atoms with Crippen molar-refractivity contribution in [3.05, 3.63) is 57.7 Å². The van der Waals surface area contributed by atoms with Gasteiger partial charge in [-0.1, -0.05) is 24.3 Å². The lowest BCUT2D eigenvalue weighted by Crippen LogP contribution is -2.28. The van der Waals surface area contributed by atoms with Crippen molar-refractivity contribution < 1.29 is 0 Å². The summed E-state index contributed by atoms with van der Waals surface area (Å²) >= 11 is 3.52. The van der Waals surface area contributed by atoms with Crippen molar-refractivity contribution in [2.24, 2.45) is 0 Å². The Bertz CT molecular complexity index is 600. The van der Waals surface area contributed by atoms with Crippen LogP contribution in [0, 0.1) is 0 Å². The third kappa shape index (κ3) is 3.27. The van der Waals surface area contributed by atoms with E-state index in [-0.39, 0.29) is 0 Å². The monoisotopic (exact) mass is 345 g/mol. The van der Waals surface area contributed by atoms with Crippen molar-refractivity contribution in [1.82, 2.24) is 10.3 Å². The second-order valence-corrected chi connectivity index (χ2v) is 6.34. The van der Waals surface area contributed by atoms with Gasteiger partial charge in [-0.15, -0.1) is 0 Å². The number of nitrogens with one attached hydrogen (secondary N) is 1. The van der Waals surface area contributed by atoms with Gasteiger partial charge in [-0.05, 0) is 53.0 Å². The molecule has 2 aromatic rings. The first kappa shape index (κ1) is 14.5. The van der Waals surface area contributed by atoms with E-state index in [2.05, 4.69) is 61.5 Å². The van der Waals surface area contributed by atoms with Gasteiger partial charge in [-0.25, -0.2) is 4.98 Å². The Hall–Kier alpha value is -1.39. The third-order valence-electron chi connectivity index (χ3n) is 4.00. The van der Waals surface area contributed by atoms with Gasteiger partial charge in [-0.3, -0.25) is 0 Å². The fraction of sp³-hybridized carbons (Fsp3) is 0.353. The van der Waals surface area contributed by atoms with Crippen LogP contribution in [0.25, 0.3) is 0 Å². The fourth-order valence-corrected chi connectivity index (χ4v) is 3.34. The van der Waals surface area contributed by atoms with Crippen LogP contribution in [-0.2, 0) is 19.4 Å². The van der Waals surface area contributed by atoms with Crippen LogP contribution in [0.5, 0.6) is 0 Å². The Kier molecular flexibility index (Phi) is 4.56. The summed E-state index contributed by atoms with van der Waals surface area (Å²) in [6.45, 7) is 2.90. The summed E-state index contributed by atoms with van der Waals surface area (Å²) in [7, 11) is 1.98. The highest BCUT2D eigenvalue weighted by molar-refractivity contribution is 9.10. The SMILES string of the molecule is CNCc1cc(Br)cnc1N1CCc2ccccc2CC1. The minimum atomic E-state index is 0.839. The van der Waals surface area contributed by atoms with Gasteiger partial charge in [-0.2, -0.15) is 0 Å². The molecule has 21 heavy (non-hydrogen) atoms. The zero-order valence-electron chi connectivity index (χ0n) is 12.3. The molecule has 110 valence electrons. The predicted octanol–water partition coefficient (Wildman–Crippen LogP) is 3.17. The van der Waals surface area contributed by atoms with Crippen LogP contribution in [0.2, 0.25) is 0 Å². The molecule has 1 aliphatic rings. The minimum absolute atomic E-state index is 0.839. The highest BCUT2D eigenvalue weighted by atomic mass is 79.9. The topological polar surface area (TPSA) is 28.2 Å². The molecule has 1 N–H and O–H groups in total. The lowest BCUT2D eigenvalue weighted by Gasteiger charge is -2.24. The van der Waals surface area contributed by atoms with E-state index in [0.717, 1.165) is 42.8 Å². The zero-order valence-corrected chi connectivity index (χ0v) is 13.9. The number of nitrogens with zero attached hydrogens (tertiary/aromatic N) is 2. The maximum absolute atomic E-state index is 4.66. The minimum Gasteiger partial charge on any atom is -0.356 e. The van der Waals surface area contributed by atoms with Crippen molar-refractivity contribution in [2.45, 2.75) is 19.4 Å². The van der Waals surface area contributed by atoms with Gasteiger partial charge in [0.2, 0.25) is 0 Å². The first-order chi connectivity index (χ1) is 10.3. The Morgan fingerprint density at radius 3 is 2.48 bits per heavy atom. The van der Waals surface area contributed by atoms with Crippen LogP contribution in [0.1, 0.15) is 16.7 Å². The van der Waals surface area contributed by atoms with Crippen LogP contribution in [0.4, 0.5) is 5.82 Å². The van der Waals surface area contributed by atoms with Gasteiger partial charge < -0.3 is 10.2 Å². The number of pyridine rings is 1. The molecule has 1 aromatic heterocycles. The van der Waals surface area contributed by atoms with Gasteiger partial charge >= 0.3 is 0 Å². The van der Waals surface area contributed by atoms with Crippen molar-refractivity contribution in [3.8, 4) is 0 Å². The molecule has 0 bridgehead atoms. The molecule has 0 fully saturated rings. The molecule has 1 aromatic carbocycles. The smallest absolute Gasteiger partial charge is 0.133 e. The molecule has 0 spiro atoms. The van der Waals surface area contributed by atoms with Crippen LogP contribution < -0.4 is 10.2 Å². The summed E-state index contributed by atoms with van der Waals surface area (Å²) in [5, 5.41) is 3.24. The molecule has 4 heteroatoms. The first-order valence-electron chi connectivity index (χ1n) is 7.38. The van der Waals surface area contributed by atoms with Crippen LogP contribution in [0.3, 0.4) is 0 Å².